The minimum Gasteiger partial charge on any atom is -0.494 e. The molecule has 9 heteroatoms. The van der Waals surface area contributed by atoms with Gasteiger partial charge < -0.3 is 26.5 Å². The second-order valence-corrected chi connectivity index (χ2v) is 6.46. The Labute approximate surface area is 169 Å². The highest BCUT2D eigenvalue weighted by molar-refractivity contribution is 5.96. The van der Waals surface area contributed by atoms with Gasteiger partial charge in [0.2, 0.25) is 0 Å². The number of nitrogens with two attached hydrogens (primary N) is 2. The molecule has 2 aromatic rings. The van der Waals surface area contributed by atoms with Gasteiger partial charge in [0.15, 0.2) is 17.6 Å². The van der Waals surface area contributed by atoms with Crippen molar-refractivity contribution in [3.8, 4) is 5.75 Å². The molecular weight excluding hydrogens is 372 g/mol. The number of rotatable bonds is 13. The summed E-state index contributed by atoms with van der Waals surface area (Å²) in [6.45, 7) is 1.50. The Morgan fingerprint density at radius 2 is 1.90 bits per heavy atom. The molecule has 0 bridgehead atoms. The summed E-state index contributed by atoms with van der Waals surface area (Å²) in [7, 11) is 0. The lowest BCUT2D eigenvalue weighted by Gasteiger charge is -2.06. The van der Waals surface area contributed by atoms with Crippen LogP contribution in [0.2, 0.25) is 0 Å². The quantitative estimate of drug-likeness (QED) is 0.174. The van der Waals surface area contributed by atoms with Crippen molar-refractivity contribution in [2.75, 3.05) is 19.7 Å². The second kappa shape index (κ2) is 12.2. The zero-order valence-electron chi connectivity index (χ0n) is 16.4. The number of aliphatic imine (C=N–C) groups is 1. The first-order chi connectivity index (χ1) is 14.1. The van der Waals surface area contributed by atoms with Crippen LogP contribution in [-0.4, -0.2) is 47.3 Å². The van der Waals surface area contributed by atoms with E-state index in [2.05, 4.69) is 20.3 Å². The van der Waals surface area contributed by atoms with E-state index in [1.165, 1.54) is 6.20 Å². The number of amides is 1. The van der Waals surface area contributed by atoms with Crippen molar-refractivity contribution in [3.05, 3.63) is 48.0 Å². The predicted molar refractivity (Wildman–Crippen MR) is 111 cm³/mol. The molecule has 1 aromatic carbocycles. The van der Waals surface area contributed by atoms with Crippen LogP contribution in [0.3, 0.4) is 0 Å². The van der Waals surface area contributed by atoms with Crippen molar-refractivity contribution >= 4 is 17.6 Å². The molecule has 1 amide bonds. The molecule has 0 aliphatic rings. The van der Waals surface area contributed by atoms with Gasteiger partial charge in [0.25, 0.3) is 5.91 Å². The fourth-order valence-electron chi connectivity index (χ4n) is 2.56. The molecule has 6 N–H and O–H groups in total. The second-order valence-electron chi connectivity index (χ2n) is 6.46. The van der Waals surface area contributed by atoms with E-state index in [1.807, 2.05) is 30.3 Å². The topological polar surface area (TPSA) is 148 Å². The number of nitrogens with zero attached hydrogens (tertiary/aromatic N) is 2. The van der Waals surface area contributed by atoms with E-state index in [1.54, 1.807) is 0 Å². The summed E-state index contributed by atoms with van der Waals surface area (Å²) in [5, 5.41) is 2.76. The molecule has 156 valence electrons. The standard InChI is InChI=1S/C20H28N6O3/c21-20(22)24-11-6-2-5-10-17(27)16-14-25-18(26-16)19(28)23-12-7-13-29-15-8-3-1-4-9-15/h1,3-4,8-9,14H,2,5-7,10-13H2,(H,23,28)(H,25,26)(H4,21,22,24). The van der Waals surface area contributed by atoms with Gasteiger partial charge in [-0.2, -0.15) is 0 Å². The number of hydrogen-bond acceptors (Lipinski definition) is 5. The zero-order chi connectivity index (χ0) is 20.9. The van der Waals surface area contributed by atoms with Crippen LogP contribution >= 0.6 is 0 Å². The average Bonchev–Trinajstić information content (AvgIpc) is 3.21. The molecule has 29 heavy (non-hydrogen) atoms. The molecule has 9 nitrogen and oxygen atoms in total. The first-order valence-corrected chi connectivity index (χ1v) is 9.66. The number of aromatic nitrogens is 2. The Morgan fingerprint density at radius 3 is 2.66 bits per heavy atom. The van der Waals surface area contributed by atoms with Gasteiger partial charge in [-0.3, -0.25) is 14.6 Å². The van der Waals surface area contributed by atoms with E-state index < -0.39 is 0 Å². The van der Waals surface area contributed by atoms with Crippen molar-refractivity contribution in [1.82, 2.24) is 15.3 Å². The van der Waals surface area contributed by atoms with E-state index in [0.717, 1.165) is 25.0 Å². The van der Waals surface area contributed by atoms with Gasteiger partial charge in [-0.25, -0.2) is 4.98 Å². The number of Topliss-reactive ketones (excluding diaryl/α,β-unsaturated/α-hetero) is 1. The number of unbranched alkanes of at least 4 members (excludes halogenated alkanes) is 2. The molecule has 2 rings (SSSR count). The molecule has 0 fully saturated rings. The largest absolute Gasteiger partial charge is 0.494 e. The van der Waals surface area contributed by atoms with Crippen LogP contribution < -0.4 is 21.5 Å². The third-order valence-electron chi connectivity index (χ3n) is 4.07. The summed E-state index contributed by atoms with van der Waals surface area (Å²) in [4.78, 5) is 35.0. The van der Waals surface area contributed by atoms with E-state index >= 15 is 0 Å². The number of carbonyl (C=O) groups is 2. The fourth-order valence-corrected chi connectivity index (χ4v) is 2.56. The number of guanidine groups is 1. The maximum atomic E-state index is 12.2. The van der Waals surface area contributed by atoms with Crippen LogP contribution in [0.4, 0.5) is 0 Å². The van der Waals surface area contributed by atoms with Crippen molar-refractivity contribution < 1.29 is 14.3 Å². The average molecular weight is 400 g/mol. The predicted octanol–water partition coefficient (Wildman–Crippen LogP) is 1.63. The Bertz CT molecular complexity index is 800. The molecule has 0 unspecified atom stereocenters. The third-order valence-corrected chi connectivity index (χ3v) is 4.07. The summed E-state index contributed by atoms with van der Waals surface area (Å²) < 4.78 is 5.56. The van der Waals surface area contributed by atoms with Gasteiger partial charge in [-0.05, 0) is 31.4 Å². The van der Waals surface area contributed by atoms with Crippen molar-refractivity contribution in [3.63, 3.8) is 0 Å². The van der Waals surface area contributed by atoms with Gasteiger partial charge in [0.05, 0.1) is 12.8 Å². The summed E-state index contributed by atoms with van der Waals surface area (Å²) >= 11 is 0. The maximum absolute atomic E-state index is 12.2. The molecule has 0 aliphatic carbocycles. The lowest BCUT2D eigenvalue weighted by Crippen LogP contribution is -2.26. The number of hydrogen-bond donors (Lipinski definition) is 4. The van der Waals surface area contributed by atoms with E-state index in [-0.39, 0.29) is 23.5 Å². The van der Waals surface area contributed by atoms with E-state index in [9.17, 15) is 9.59 Å². The number of H-pyrrole nitrogens is 1. The Morgan fingerprint density at radius 1 is 1.10 bits per heavy atom. The SMILES string of the molecule is NC(N)=NCCCCCC(=O)c1cnc(C(=O)NCCCOc2ccccc2)[nH]1. The van der Waals surface area contributed by atoms with Gasteiger partial charge in [-0.15, -0.1) is 0 Å². The van der Waals surface area contributed by atoms with Crippen LogP contribution in [-0.2, 0) is 0 Å². The first kappa shape index (κ1) is 21.9. The molecule has 0 saturated carbocycles. The van der Waals surface area contributed by atoms with Crippen LogP contribution in [0.5, 0.6) is 5.75 Å². The summed E-state index contributed by atoms with van der Waals surface area (Å²) in [6, 6.07) is 9.48. The molecule has 0 radical (unpaired) electrons. The molecular formula is C20H28N6O3. The lowest BCUT2D eigenvalue weighted by atomic mass is 10.1. The molecule has 0 spiro atoms. The first-order valence-electron chi connectivity index (χ1n) is 9.66. The van der Waals surface area contributed by atoms with Gasteiger partial charge in [0, 0.05) is 19.5 Å². The molecule has 0 atom stereocenters. The molecule has 0 aliphatic heterocycles. The van der Waals surface area contributed by atoms with Gasteiger partial charge >= 0.3 is 0 Å². The number of ether oxygens (including phenoxy) is 1. The normalized spacial score (nSPS) is 10.3. The summed E-state index contributed by atoms with van der Waals surface area (Å²) in [5.41, 5.74) is 10.8. The number of nitrogens with one attached hydrogen (secondary N) is 2. The lowest BCUT2D eigenvalue weighted by molar-refractivity contribution is 0.0942. The summed E-state index contributed by atoms with van der Waals surface area (Å²) in [6.07, 6.45) is 4.82. The Kier molecular flexibility index (Phi) is 9.20. The van der Waals surface area contributed by atoms with Crippen LogP contribution in [0, 0.1) is 0 Å². The van der Waals surface area contributed by atoms with Crippen LogP contribution in [0.25, 0.3) is 0 Å². The zero-order valence-corrected chi connectivity index (χ0v) is 16.4. The van der Waals surface area contributed by atoms with Gasteiger partial charge in [0.1, 0.15) is 11.4 Å². The van der Waals surface area contributed by atoms with Crippen molar-refractivity contribution in [2.45, 2.75) is 32.1 Å². The van der Waals surface area contributed by atoms with E-state index in [4.69, 9.17) is 16.2 Å². The number of benzene rings is 1. The maximum Gasteiger partial charge on any atom is 0.287 e. The van der Waals surface area contributed by atoms with Crippen LogP contribution in [0.15, 0.2) is 41.5 Å². The fraction of sp³-hybridized carbons (Fsp3) is 0.400. The van der Waals surface area contributed by atoms with E-state index in [0.29, 0.717) is 38.2 Å². The highest BCUT2D eigenvalue weighted by atomic mass is 16.5. The molecule has 1 aromatic heterocycles. The van der Waals surface area contributed by atoms with Crippen molar-refractivity contribution in [1.29, 1.82) is 0 Å². The number of aromatic amines is 1. The Hall–Kier alpha value is -3.36. The number of imidazole rings is 1. The number of para-hydroxylation sites is 1. The molecule has 1 heterocycles. The smallest absolute Gasteiger partial charge is 0.287 e. The van der Waals surface area contributed by atoms with Gasteiger partial charge in [-0.1, -0.05) is 24.6 Å². The highest BCUT2D eigenvalue weighted by Gasteiger charge is 2.14. The minimum atomic E-state index is -0.346. The highest BCUT2D eigenvalue weighted by Crippen LogP contribution is 2.09. The Balaban J connectivity index is 1.62. The summed E-state index contributed by atoms with van der Waals surface area (Å²) in [5.74, 6) is 0.582. The number of carbonyl (C=O) groups excluding carboxylic acids is 2. The monoisotopic (exact) mass is 400 g/mol. The minimum absolute atomic E-state index is 0.0744. The van der Waals surface area contributed by atoms with Crippen molar-refractivity contribution in [2.24, 2.45) is 16.5 Å². The molecule has 0 saturated heterocycles. The number of ketones is 1. The van der Waals surface area contributed by atoms with Crippen LogP contribution in [0.1, 0.15) is 53.2 Å². The third kappa shape index (κ3) is 8.46.